The fraction of sp³-hybridized carbons (Fsp3) is 0.450. The van der Waals surface area contributed by atoms with Crippen molar-refractivity contribution < 1.29 is 18.7 Å². The molecule has 0 aliphatic heterocycles. The molecule has 0 aromatic carbocycles. The van der Waals surface area contributed by atoms with Crippen LogP contribution in [0.25, 0.3) is 17.0 Å². The number of hydrogen-bond donors (Lipinski definition) is 3. The Morgan fingerprint density at radius 3 is 2.69 bits per heavy atom. The number of ether oxygens (including phenoxy) is 1. The molecular weight excluding hydrogens is 434 g/mol. The summed E-state index contributed by atoms with van der Waals surface area (Å²) in [5, 5.41) is 16.3. The van der Waals surface area contributed by atoms with E-state index in [9.17, 15) is 9.59 Å². The number of nitrogens with two attached hydrogens (primary N) is 2. The van der Waals surface area contributed by atoms with Gasteiger partial charge < -0.3 is 25.9 Å². The van der Waals surface area contributed by atoms with E-state index in [4.69, 9.17) is 20.6 Å². The van der Waals surface area contributed by atoms with Crippen LogP contribution < -0.4 is 16.8 Å². The topological polar surface area (TPSA) is 164 Å². The number of hydrogen-bond acceptors (Lipinski definition) is 9. The third-order valence-corrected chi connectivity index (χ3v) is 7.03. The van der Waals surface area contributed by atoms with Crippen LogP contribution in [0.3, 0.4) is 0 Å². The van der Waals surface area contributed by atoms with Crippen molar-refractivity contribution in [3.05, 3.63) is 24.0 Å². The number of thioether (sulfide) groups is 1. The van der Waals surface area contributed by atoms with Crippen molar-refractivity contribution in [1.82, 2.24) is 19.8 Å². The van der Waals surface area contributed by atoms with Crippen molar-refractivity contribution in [3.8, 4) is 11.5 Å². The molecule has 3 heterocycles. The second-order valence-corrected chi connectivity index (χ2v) is 9.30. The lowest BCUT2D eigenvalue weighted by Gasteiger charge is -2.40. The summed E-state index contributed by atoms with van der Waals surface area (Å²) in [6, 6.07) is 1.67. The summed E-state index contributed by atoms with van der Waals surface area (Å²) in [7, 11) is 0. The summed E-state index contributed by atoms with van der Waals surface area (Å²) in [5.41, 5.74) is 11.8. The molecule has 3 aromatic heterocycles. The van der Waals surface area contributed by atoms with Crippen LogP contribution in [-0.2, 0) is 4.74 Å². The van der Waals surface area contributed by atoms with Crippen molar-refractivity contribution in [3.63, 3.8) is 0 Å². The number of carbonyl (C=O) groups excluding carboxylic acids is 2. The van der Waals surface area contributed by atoms with Gasteiger partial charge in [0.05, 0.1) is 28.5 Å². The van der Waals surface area contributed by atoms with Crippen LogP contribution >= 0.6 is 11.8 Å². The highest BCUT2D eigenvalue weighted by Gasteiger charge is 2.54. The molecule has 1 aliphatic carbocycles. The fourth-order valence-corrected chi connectivity index (χ4v) is 4.51. The number of fused-ring (bicyclic) bond motifs is 1. The molecule has 32 heavy (non-hydrogen) atoms. The van der Waals surface area contributed by atoms with E-state index in [1.54, 1.807) is 16.8 Å². The summed E-state index contributed by atoms with van der Waals surface area (Å²) < 4.78 is 12.7. The average molecular weight is 460 g/mol. The van der Waals surface area contributed by atoms with Gasteiger partial charge in [0.1, 0.15) is 5.60 Å². The van der Waals surface area contributed by atoms with E-state index in [0.29, 0.717) is 40.7 Å². The zero-order valence-electron chi connectivity index (χ0n) is 18.2. The van der Waals surface area contributed by atoms with Crippen LogP contribution in [-0.4, -0.2) is 49.7 Å². The lowest BCUT2D eigenvalue weighted by molar-refractivity contribution is -0.0392. The summed E-state index contributed by atoms with van der Waals surface area (Å²) in [5.74, 6) is -0.269. The normalized spacial score (nSPS) is 22.2. The number of anilines is 1. The van der Waals surface area contributed by atoms with Gasteiger partial charge in [-0.05, 0) is 32.1 Å². The van der Waals surface area contributed by atoms with E-state index < -0.39 is 23.0 Å². The second kappa shape index (κ2) is 7.69. The predicted octanol–water partition coefficient (Wildman–Crippen LogP) is 2.66. The molecule has 1 fully saturated rings. The number of nitrogens with one attached hydrogen (secondary N) is 1. The maximum Gasteiger partial charge on any atom is 0.405 e. The van der Waals surface area contributed by atoms with E-state index in [1.165, 1.54) is 18.0 Å². The molecule has 0 bridgehead atoms. The Hall–Kier alpha value is -3.28. The van der Waals surface area contributed by atoms with E-state index in [-0.39, 0.29) is 11.6 Å². The first kappa shape index (κ1) is 21.9. The summed E-state index contributed by atoms with van der Waals surface area (Å²) >= 11 is 1.34. The molecule has 1 saturated carbocycles. The highest BCUT2D eigenvalue weighted by atomic mass is 32.2. The Morgan fingerprint density at radius 2 is 2.06 bits per heavy atom. The van der Waals surface area contributed by atoms with Crippen molar-refractivity contribution in [2.75, 3.05) is 11.6 Å². The number of carbonyl (C=O) groups is 2. The smallest absolute Gasteiger partial charge is 0.405 e. The maximum absolute atomic E-state index is 12.2. The van der Waals surface area contributed by atoms with E-state index in [2.05, 4.69) is 20.6 Å². The van der Waals surface area contributed by atoms with Crippen molar-refractivity contribution >= 4 is 35.0 Å². The third-order valence-electron chi connectivity index (χ3n) is 6.52. The molecule has 0 spiro atoms. The zero-order valence-corrected chi connectivity index (χ0v) is 19.0. The molecule has 12 heteroatoms. The highest BCUT2D eigenvalue weighted by molar-refractivity contribution is 7.98. The zero-order chi connectivity index (χ0) is 23.3. The van der Waals surface area contributed by atoms with E-state index in [1.807, 2.05) is 27.0 Å². The predicted molar refractivity (Wildman–Crippen MR) is 118 cm³/mol. The van der Waals surface area contributed by atoms with Gasteiger partial charge in [-0.1, -0.05) is 25.6 Å². The minimum absolute atomic E-state index is 0.138. The van der Waals surface area contributed by atoms with Gasteiger partial charge in [-0.2, -0.15) is 5.10 Å². The average Bonchev–Trinajstić information content (AvgIpc) is 3.40. The molecule has 0 saturated heterocycles. The molecule has 3 aromatic rings. The van der Waals surface area contributed by atoms with Gasteiger partial charge in [0, 0.05) is 17.7 Å². The first-order chi connectivity index (χ1) is 15.1. The Labute approximate surface area is 188 Å². The fourth-order valence-electron chi connectivity index (χ4n) is 4.22. The molecule has 0 radical (unpaired) electrons. The van der Waals surface area contributed by atoms with Crippen LogP contribution in [0.15, 0.2) is 28.1 Å². The minimum Gasteiger partial charge on any atom is -0.443 e. The summed E-state index contributed by atoms with van der Waals surface area (Å²) in [6.45, 7) is 5.86. The lowest BCUT2D eigenvalue weighted by atomic mass is 9.76. The van der Waals surface area contributed by atoms with Gasteiger partial charge in [-0.3, -0.25) is 4.79 Å². The van der Waals surface area contributed by atoms with Gasteiger partial charge in [-0.25, -0.2) is 9.31 Å². The second-order valence-electron chi connectivity index (χ2n) is 8.54. The number of primary amides is 2. The summed E-state index contributed by atoms with van der Waals surface area (Å²) in [4.78, 5) is 23.7. The monoisotopic (exact) mass is 459 g/mol. The van der Waals surface area contributed by atoms with E-state index in [0.717, 1.165) is 0 Å². The molecule has 5 N–H and O–H groups in total. The molecule has 2 atom stereocenters. The Morgan fingerprint density at radius 1 is 1.31 bits per heavy atom. The van der Waals surface area contributed by atoms with Crippen molar-refractivity contribution in [2.24, 2.45) is 16.9 Å². The van der Waals surface area contributed by atoms with Crippen molar-refractivity contribution in [1.29, 1.82) is 0 Å². The highest BCUT2D eigenvalue weighted by Crippen LogP contribution is 2.49. The van der Waals surface area contributed by atoms with Crippen LogP contribution in [0.2, 0.25) is 0 Å². The first-order valence-corrected chi connectivity index (χ1v) is 11.2. The van der Waals surface area contributed by atoms with Crippen LogP contribution in [0.4, 0.5) is 10.5 Å². The van der Waals surface area contributed by atoms with Gasteiger partial charge in [0.2, 0.25) is 5.89 Å². The van der Waals surface area contributed by atoms with Gasteiger partial charge in [0.15, 0.2) is 0 Å². The number of nitrogens with zero attached hydrogens (tertiary/aromatic N) is 4. The standard InChI is InChI=1S/C20H25N7O4S/c1-19(2)13(5-6-20(19,3)31-17(22)29)24-14-11(15(21)28)8-23-27-9-10(7-12(14)27)16-25-26-18(30-16)32-4/h7-9,13,24H,5-6H2,1-4H3,(H2,21,28)(H2,22,29)/t13-,20+/m1/s1. The largest absolute Gasteiger partial charge is 0.443 e. The Kier molecular flexibility index (Phi) is 5.27. The van der Waals surface area contributed by atoms with Crippen LogP contribution in [0, 0.1) is 5.41 Å². The lowest BCUT2D eigenvalue weighted by Crippen LogP contribution is -2.49. The quantitative estimate of drug-likeness (QED) is 0.470. The SMILES string of the molecule is CSc1nnc(-c2cc3c(N[C@@H]4CC[C@](C)(OC(N)=O)C4(C)C)c(C(N)=O)cnn3c2)o1. The summed E-state index contributed by atoms with van der Waals surface area (Å²) in [6.07, 6.45) is 5.49. The molecule has 0 unspecified atom stereocenters. The minimum atomic E-state index is -0.814. The van der Waals surface area contributed by atoms with Crippen LogP contribution in [0.5, 0.6) is 0 Å². The van der Waals surface area contributed by atoms with Crippen molar-refractivity contribution in [2.45, 2.75) is 50.5 Å². The molecule has 4 rings (SSSR count). The number of rotatable bonds is 6. The van der Waals surface area contributed by atoms with E-state index >= 15 is 0 Å². The van der Waals surface area contributed by atoms with Gasteiger partial charge in [-0.15, -0.1) is 10.2 Å². The maximum atomic E-state index is 12.2. The molecule has 1 aliphatic rings. The van der Waals surface area contributed by atoms with Gasteiger partial charge in [0.25, 0.3) is 11.1 Å². The molecule has 11 nitrogen and oxygen atoms in total. The molecule has 170 valence electrons. The molecule has 2 amide bonds. The Bertz CT molecular complexity index is 1200. The molecular formula is C20H25N7O4S. The van der Waals surface area contributed by atoms with Crippen LogP contribution in [0.1, 0.15) is 44.0 Å². The number of amides is 2. The first-order valence-electron chi connectivity index (χ1n) is 10.00. The Balaban J connectivity index is 1.76. The van der Waals surface area contributed by atoms with Gasteiger partial charge >= 0.3 is 6.09 Å². The third kappa shape index (κ3) is 3.53. The number of aromatic nitrogens is 4.